The van der Waals surface area contributed by atoms with Gasteiger partial charge in [-0.25, -0.2) is 0 Å². The van der Waals surface area contributed by atoms with Crippen LogP contribution in [0.3, 0.4) is 0 Å². The van der Waals surface area contributed by atoms with Crippen LogP contribution in [0.1, 0.15) is 21.5 Å². The Morgan fingerprint density at radius 2 is 1.78 bits per heavy atom. The van der Waals surface area contributed by atoms with E-state index in [1.54, 1.807) is 24.3 Å². The average molecular weight is 367 g/mol. The lowest BCUT2D eigenvalue weighted by Crippen LogP contribution is -2.52. The molecule has 2 amide bonds. The van der Waals surface area contributed by atoms with Gasteiger partial charge in [0.1, 0.15) is 6.61 Å². The van der Waals surface area contributed by atoms with Gasteiger partial charge in [0.15, 0.2) is 11.8 Å². The number of aliphatic hydroxyl groups is 1. The number of amides is 2. The number of rotatable bonds is 5. The van der Waals surface area contributed by atoms with Crippen LogP contribution in [0.2, 0.25) is 0 Å². The number of Topliss-reactive ketones (excluding diaryl/α,β-unsaturated/α-hetero) is 1. The zero-order valence-electron chi connectivity index (χ0n) is 15.4. The van der Waals surface area contributed by atoms with Crippen molar-refractivity contribution in [3.8, 4) is 11.8 Å². The maximum absolute atomic E-state index is 12.6. The third-order valence-corrected chi connectivity index (χ3v) is 3.98. The van der Waals surface area contributed by atoms with Crippen molar-refractivity contribution in [1.29, 1.82) is 0 Å². The van der Waals surface area contributed by atoms with E-state index in [0.717, 1.165) is 16.0 Å². The van der Waals surface area contributed by atoms with E-state index in [-0.39, 0.29) is 0 Å². The Kier molecular flexibility index (Phi) is 6.52. The molecule has 7 nitrogen and oxygen atoms in total. The number of likely N-dealkylation sites (N-methyl/N-ethyl adjacent to an activating group) is 2. The Labute approximate surface area is 157 Å². The number of aromatic nitrogens is 1. The first kappa shape index (κ1) is 19.9. The largest absolute Gasteiger partial charge is 0.388 e. The zero-order chi connectivity index (χ0) is 20.0. The van der Waals surface area contributed by atoms with Crippen LogP contribution in [0.4, 0.5) is 0 Å². The van der Waals surface area contributed by atoms with Gasteiger partial charge in [0.05, 0.1) is 0 Å². The molecule has 0 fully saturated rings. The van der Waals surface area contributed by atoms with Crippen molar-refractivity contribution < 1.29 is 19.5 Å². The lowest BCUT2D eigenvalue weighted by molar-refractivity contribution is -0.135. The summed E-state index contributed by atoms with van der Waals surface area (Å²) in [4.78, 5) is 37.4. The van der Waals surface area contributed by atoms with E-state index in [1.807, 2.05) is 30.1 Å². The number of nitrogens with one attached hydrogen (secondary N) is 1. The smallest absolute Gasteiger partial charge is 0.254 e. The number of aryl methyl sites for hydroxylation is 1. The van der Waals surface area contributed by atoms with Crippen LogP contribution in [0.5, 0.6) is 0 Å². The highest BCUT2D eigenvalue weighted by atomic mass is 16.3. The molecule has 0 bridgehead atoms. The number of nitrogens with zero attached hydrogens (tertiary/aromatic N) is 2. The fourth-order valence-corrected chi connectivity index (χ4v) is 2.50. The minimum absolute atomic E-state index is 0.308. The topological polar surface area (TPSA) is 91.6 Å². The van der Waals surface area contributed by atoms with Crippen LogP contribution >= 0.6 is 0 Å². The van der Waals surface area contributed by atoms with Crippen molar-refractivity contribution in [1.82, 2.24) is 14.8 Å². The van der Waals surface area contributed by atoms with Gasteiger partial charge >= 0.3 is 0 Å². The molecule has 0 aliphatic carbocycles. The van der Waals surface area contributed by atoms with Gasteiger partial charge in [0.2, 0.25) is 5.91 Å². The molecule has 7 heteroatoms. The van der Waals surface area contributed by atoms with E-state index in [2.05, 4.69) is 17.2 Å². The van der Waals surface area contributed by atoms with E-state index in [1.165, 1.54) is 14.1 Å². The summed E-state index contributed by atoms with van der Waals surface area (Å²) in [5.74, 6) is 4.11. The van der Waals surface area contributed by atoms with Crippen LogP contribution in [-0.2, 0) is 16.6 Å². The molecule has 1 heterocycles. The minimum atomic E-state index is -1.38. The van der Waals surface area contributed by atoms with Gasteiger partial charge in [0.25, 0.3) is 5.91 Å². The molecule has 1 atom stereocenters. The van der Waals surface area contributed by atoms with E-state index in [4.69, 9.17) is 5.11 Å². The highest BCUT2D eigenvalue weighted by molar-refractivity contribution is 6.10. The summed E-state index contributed by atoms with van der Waals surface area (Å²) in [5, 5.41) is 11.4. The van der Waals surface area contributed by atoms with Gasteiger partial charge in [0, 0.05) is 50.2 Å². The van der Waals surface area contributed by atoms with Crippen molar-refractivity contribution in [3.05, 3.63) is 59.4 Å². The Balaban J connectivity index is 2.17. The minimum Gasteiger partial charge on any atom is -0.388 e. The molecule has 2 N–H and O–H groups in total. The van der Waals surface area contributed by atoms with E-state index in [0.29, 0.717) is 5.56 Å². The number of ketones is 1. The first-order valence-electron chi connectivity index (χ1n) is 8.23. The van der Waals surface area contributed by atoms with Crippen LogP contribution in [-0.4, -0.2) is 58.9 Å². The monoisotopic (exact) mass is 367 g/mol. The first-order chi connectivity index (χ1) is 12.9. The summed E-state index contributed by atoms with van der Waals surface area (Å²) in [6.07, 6.45) is 3.80. The Morgan fingerprint density at radius 3 is 2.30 bits per heavy atom. The highest BCUT2D eigenvalue weighted by Crippen LogP contribution is 2.10. The molecule has 1 unspecified atom stereocenters. The second kappa shape index (κ2) is 8.83. The number of hydrogen-bond acceptors (Lipinski definition) is 4. The number of hydrogen-bond donors (Lipinski definition) is 2. The molecule has 0 aliphatic heterocycles. The quantitative estimate of drug-likeness (QED) is 0.582. The summed E-state index contributed by atoms with van der Waals surface area (Å²) < 4.78 is 1.90. The Hall–Kier alpha value is -3.37. The number of carbonyl (C=O) groups is 3. The number of carbonyl (C=O) groups excluding carboxylic acids is 3. The fourth-order valence-electron chi connectivity index (χ4n) is 2.50. The van der Waals surface area contributed by atoms with Crippen molar-refractivity contribution in [2.75, 3.05) is 20.7 Å². The lowest BCUT2D eigenvalue weighted by atomic mass is 10.1. The molecule has 0 radical (unpaired) electrons. The van der Waals surface area contributed by atoms with Crippen molar-refractivity contribution in [2.45, 2.75) is 6.04 Å². The van der Waals surface area contributed by atoms with Crippen LogP contribution < -0.4 is 5.32 Å². The van der Waals surface area contributed by atoms with E-state index < -0.39 is 30.2 Å². The summed E-state index contributed by atoms with van der Waals surface area (Å²) in [6, 6.07) is 7.07. The van der Waals surface area contributed by atoms with Crippen molar-refractivity contribution in [3.63, 3.8) is 0 Å². The van der Waals surface area contributed by atoms with Crippen LogP contribution in [0.25, 0.3) is 0 Å². The standard InChI is InChI=1S/C20H21N3O4/c1-21-19(26)18(17(25)13-24)23(3)20(27)16-8-6-14(7-9-16)4-5-15-10-11-22(2)12-15/h6-12,18,24H,13H2,1-3H3,(H,21,26). The van der Waals surface area contributed by atoms with Crippen molar-refractivity contribution in [2.24, 2.45) is 7.05 Å². The molecule has 1 aromatic heterocycles. The molecule has 0 saturated carbocycles. The molecule has 0 saturated heterocycles. The van der Waals surface area contributed by atoms with E-state index in [9.17, 15) is 14.4 Å². The normalized spacial score (nSPS) is 11.1. The molecule has 27 heavy (non-hydrogen) atoms. The lowest BCUT2D eigenvalue weighted by Gasteiger charge is -2.25. The third-order valence-electron chi connectivity index (χ3n) is 3.98. The molecule has 1 aromatic carbocycles. The summed E-state index contributed by atoms with van der Waals surface area (Å²) in [7, 11) is 4.62. The predicted molar refractivity (Wildman–Crippen MR) is 99.9 cm³/mol. The molecular formula is C20H21N3O4. The van der Waals surface area contributed by atoms with Gasteiger partial charge in [-0.2, -0.15) is 0 Å². The number of aliphatic hydroxyl groups excluding tert-OH is 1. The maximum Gasteiger partial charge on any atom is 0.254 e. The van der Waals surface area contributed by atoms with Gasteiger partial charge < -0.3 is 19.9 Å². The summed E-state index contributed by atoms with van der Waals surface area (Å²) in [6.45, 7) is -0.830. The summed E-state index contributed by atoms with van der Waals surface area (Å²) in [5.41, 5.74) is 1.92. The van der Waals surface area contributed by atoms with Crippen molar-refractivity contribution >= 4 is 17.6 Å². The SMILES string of the molecule is CNC(=O)C(C(=O)CO)N(C)C(=O)c1ccc(C#Cc2ccn(C)c2)cc1. The molecule has 2 rings (SSSR count). The third kappa shape index (κ3) is 4.84. The van der Waals surface area contributed by atoms with Gasteiger partial charge in [-0.15, -0.1) is 0 Å². The molecule has 140 valence electrons. The average Bonchev–Trinajstić information content (AvgIpc) is 3.11. The highest BCUT2D eigenvalue weighted by Gasteiger charge is 2.32. The van der Waals surface area contributed by atoms with Gasteiger partial charge in [-0.05, 0) is 30.3 Å². The molecule has 2 aromatic rings. The second-order valence-electron chi connectivity index (χ2n) is 5.95. The summed E-state index contributed by atoms with van der Waals surface area (Å²) >= 11 is 0. The van der Waals surface area contributed by atoms with Crippen LogP contribution in [0.15, 0.2) is 42.7 Å². The Morgan fingerprint density at radius 1 is 1.15 bits per heavy atom. The Bertz CT molecular complexity index is 887. The molecule has 0 aliphatic rings. The second-order valence-corrected chi connectivity index (χ2v) is 5.95. The molecule has 0 spiro atoms. The molecular weight excluding hydrogens is 346 g/mol. The maximum atomic E-state index is 12.6. The first-order valence-corrected chi connectivity index (χ1v) is 8.23. The fraction of sp³-hybridized carbons (Fsp3) is 0.250. The zero-order valence-corrected chi connectivity index (χ0v) is 15.4. The van der Waals surface area contributed by atoms with Crippen LogP contribution in [0, 0.1) is 11.8 Å². The van der Waals surface area contributed by atoms with E-state index >= 15 is 0 Å². The predicted octanol–water partition coefficient (Wildman–Crippen LogP) is 0.173. The number of benzene rings is 1. The van der Waals surface area contributed by atoms with Gasteiger partial charge in [-0.3, -0.25) is 14.4 Å². The van der Waals surface area contributed by atoms with Gasteiger partial charge in [-0.1, -0.05) is 11.8 Å².